The molecule has 29 heavy (non-hydrogen) atoms. The topological polar surface area (TPSA) is 76.4 Å². The normalized spacial score (nSPS) is 20.2. The molecule has 0 amide bonds. The summed E-state index contributed by atoms with van der Waals surface area (Å²) in [4.78, 5) is 9.48. The number of ether oxygens (including phenoxy) is 1. The summed E-state index contributed by atoms with van der Waals surface area (Å²) >= 11 is 6.05. The predicted molar refractivity (Wildman–Crippen MR) is 114 cm³/mol. The first kappa shape index (κ1) is 20.2. The lowest BCUT2D eigenvalue weighted by molar-refractivity contribution is 0.177. The van der Waals surface area contributed by atoms with Crippen molar-refractivity contribution in [2.24, 2.45) is 4.99 Å². The summed E-state index contributed by atoms with van der Waals surface area (Å²) in [5.74, 6) is 2.66. The Morgan fingerprint density at radius 2 is 2.14 bits per heavy atom. The van der Waals surface area contributed by atoms with Crippen molar-refractivity contribution in [3.63, 3.8) is 0 Å². The van der Waals surface area contributed by atoms with Gasteiger partial charge in [0.1, 0.15) is 12.4 Å². The first-order valence-electron chi connectivity index (χ1n) is 10.3. The van der Waals surface area contributed by atoms with E-state index in [2.05, 4.69) is 39.8 Å². The van der Waals surface area contributed by atoms with E-state index in [1.807, 2.05) is 16.8 Å². The smallest absolute Gasteiger partial charge is 0.191 e. The number of nitrogens with one attached hydrogen (secondary N) is 2. The number of halogens is 1. The summed E-state index contributed by atoms with van der Waals surface area (Å²) in [5.41, 5.74) is 1.49. The Morgan fingerprint density at radius 3 is 2.83 bits per heavy atom. The van der Waals surface area contributed by atoms with Crippen molar-refractivity contribution < 1.29 is 4.74 Å². The second-order valence-corrected chi connectivity index (χ2v) is 8.36. The van der Waals surface area contributed by atoms with Gasteiger partial charge in [0.15, 0.2) is 11.8 Å². The fourth-order valence-electron chi connectivity index (χ4n) is 3.90. The fraction of sp³-hybridized carbons (Fsp3) is 0.571. The zero-order valence-electron chi connectivity index (χ0n) is 17.1. The monoisotopic (exact) mass is 416 g/mol. The molecule has 4 rings (SSSR count). The van der Waals surface area contributed by atoms with Crippen LogP contribution in [-0.4, -0.2) is 47.0 Å². The molecule has 1 aromatic heterocycles. The Balaban J connectivity index is 1.40. The number of aromatic nitrogens is 3. The van der Waals surface area contributed by atoms with E-state index < -0.39 is 0 Å². The minimum absolute atomic E-state index is 0.160. The van der Waals surface area contributed by atoms with Crippen molar-refractivity contribution in [2.45, 2.75) is 57.2 Å². The maximum absolute atomic E-state index is 6.05. The van der Waals surface area contributed by atoms with Crippen LogP contribution in [0.25, 0.3) is 0 Å². The number of benzene rings is 1. The van der Waals surface area contributed by atoms with Gasteiger partial charge in [0.2, 0.25) is 0 Å². The molecular formula is C21H29ClN6O. The van der Waals surface area contributed by atoms with E-state index in [0.717, 1.165) is 55.1 Å². The first-order valence-corrected chi connectivity index (χ1v) is 10.7. The molecule has 2 aromatic rings. The Morgan fingerprint density at radius 1 is 1.34 bits per heavy atom. The average molecular weight is 417 g/mol. The molecule has 8 heteroatoms. The number of rotatable bonds is 7. The van der Waals surface area contributed by atoms with Crippen LogP contribution in [-0.2, 0) is 29.7 Å². The third kappa shape index (κ3) is 4.73. The molecule has 1 aromatic carbocycles. The van der Waals surface area contributed by atoms with Crippen molar-refractivity contribution in [1.82, 2.24) is 25.4 Å². The summed E-state index contributed by atoms with van der Waals surface area (Å²) in [6.07, 6.45) is 4.26. The van der Waals surface area contributed by atoms with E-state index >= 15 is 0 Å². The number of methoxy groups -OCH3 is 1. The van der Waals surface area contributed by atoms with Gasteiger partial charge in [-0.2, -0.15) is 5.10 Å². The largest absolute Gasteiger partial charge is 0.377 e. The molecule has 2 aliphatic rings. The van der Waals surface area contributed by atoms with E-state index in [1.165, 1.54) is 18.4 Å². The quantitative estimate of drug-likeness (QED) is 0.536. The molecule has 1 unspecified atom stereocenters. The van der Waals surface area contributed by atoms with Crippen LogP contribution in [0.3, 0.4) is 0 Å². The van der Waals surface area contributed by atoms with Gasteiger partial charge < -0.3 is 15.4 Å². The lowest BCUT2D eigenvalue weighted by atomic mass is 9.96. The number of fused-ring (bicyclic) bond motifs is 1. The molecule has 1 saturated carbocycles. The summed E-state index contributed by atoms with van der Waals surface area (Å²) in [6, 6.07) is 8.49. The Kier molecular flexibility index (Phi) is 6.06. The van der Waals surface area contributed by atoms with Crippen LogP contribution in [0.2, 0.25) is 5.02 Å². The average Bonchev–Trinajstić information content (AvgIpc) is 3.40. The molecule has 0 bridgehead atoms. The molecule has 1 aliphatic heterocycles. The van der Waals surface area contributed by atoms with Crippen LogP contribution >= 0.6 is 11.6 Å². The van der Waals surface area contributed by atoms with Gasteiger partial charge in [0.25, 0.3) is 0 Å². The highest BCUT2D eigenvalue weighted by molar-refractivity contribution is 6.30. The van der Waals surface area contributed by atoms with Crippen molar-refractivity contribution in [3.8, 4) is 0 Å². The minimum Gasteiger partial charge on any atom is -0.377 e. The fourth-order valence-corrected chi connectivity index (χ4v) is 4.03. The predicted octanol–water partition coefficient (Wildman–Crippen LogP) is 2.68. The summed E-state index contributed by atoms with van der Waals surface area (Å²) in [6.45, 7) is 4.95. The third-order valence-electron chi connectivity index (χ3n) is 5.71. The molecule has 0 radical (unpaired) electrons. The molecular weight excluding hydrogens is 388 g/mol. The molecule has 1 aliphatic carbocycles. The van der Waals surface area contributed by atoms with Crippen LogP contribution in [0.5, 0.6) is 0 Å². The summed E-state index contributed by atoms with van der Waals surface area (Å²) in [5, 5.41) is 12.3. The van der Waals surface area contributed by atoms with Gasteiger partial charge in [-0.1, -0.05) is 23.7 Å². The zero-order valence-corrected chi connectivity index (χ0v) is 17.9. The standard InChI is InChI=1S/C21H29ClN6O/c1-3-23-20(24-14-21(10-11-21)15-4-6-16(22)7-5-15)25-17-8-9-19-26-18(13-29-2)27-28(19)12-17/h4-7,17H,3,8-14H2,1-2H3,(H2,23,24,25). The van der Waals surface area contributed by atoms with Crippen molar-refractivity contribution in [1.29, 1.82) is 0 Å². The maximum atomic E-state index is 6.05. The van der Waals surface area contributed by atoms with Crippen LogP contribution in [0.4, 0.5) is 0 Å². The number of aryl methyl sites for hydroxylation is 1. The molecule has 1 atom stereocenters. The van der Waals surface area contributed by atoms with Gasteiger partial charge >= 0.3 is 0 Å². The van der Waals surface area contributed by atoms with Gasteiger partial charge in [-0.05, 0) is 43.9 Å². The van der Waals surface area contributed by atoms with Gasteiger partial charge in [0, 0.05) is 36.6 Å². The van der Waals surface area contributed by atoms with Crippen molar-refractivity contribution in [3.05, 3.63) is 46.5 Å². The first-order chi connectivity index (χ1) is 14.1. The van der Waals surface area contributed by atoms with Crippen LogP contribution in [0.1, 0.15) is 43.4 Å². The van der Waals surface area contributed by atoms with Crippen LogP contribution in [0.15, 0.2) is 29.3 Å². The van der Waals surface area contributed by atoms with E-state index in [0.29, 0.717) is 6.61 Å². The van der Waals surface area contributed by atoms with E-state index in [9.17, 15) is 0 Å². The number of hydrogen-bond acceptors (Lipinski definition) is 4. The number of nitrogens with zero attached hydrogens (tertiary/aromatic N) is 4. The van der Waals surface area contributed by atoms with Gasteiger partial charge in [-0.15, -0.1) is 0 Å². The van der Waals surface area contributed by atoms with E-state index in [1.54, 1.807) is 7.11 Å². The zero-order chi connectivity index (χ0) is 20.3. The van der Waals surface area contributed by atoms with Crippen molar-refractivity contribution >= 4 is 17.6 Å². The molecule has 1 fully saturated rings. The second-order valence-electron chi connectivity index (χ2n) is 7.92. The van der Waals surface area contributed by atoms with E-state index in [-0.39, 0.29) is 11.5 Å². The maximum Gasteiger partial charge on any atom is 0.191 e. The minimum atomic E-state index is 0.160. The molecule has 7 nitrogen and oxygen atoms in total. The lowest BCUT2D eigenvalue weighted by Gasteiger charge is -2.25. The lowest BCUT2D eigenvalue weighted by Crippen LogP contribution is -2.47. The van der Waals surface area contributed by atoms with Gasteiger partial charge in [-0.25, -0.2) is 9.67 Å². The molecule has 2 heterocycles. The Labute approximate surface area is 176 Å². The third-order valence-corrected chi connectivity index (χ3v) is 5.96. The molecule has 0 saturated heterocycles. The van der Waals surface area contributed by atoms with Crippen LogP contribution in [0, 0.1) is 0 Å². The summed E-state index contributed by atoms with van der Waals surface area (Å²) in [7, 11) is 1.67. The van der Waals surface area contributed by atoms with Crippen molar-refractivity contribution in [2.75, 3.05) is 20.2 Å². The Bertz CT molecular complexity index is 859. The van der Waals surface area contributed by atoms with Crippen LogP contribution < -0.4 is 10.6 Å². The highest BCUT2D eigenvalue weighted by atomic mass is 35.5. The molecule has 0 spiro atoms. The SMILES string of the molecule is CCNC(=NCC1(c2ccc(Cl)cc2)CC1)NC1CCc2nc(COC)nn2C1. The highest BCUT2D eigenvalue weighted by Gasteiger charge is 2.44. The number of guanidine groups is 1. The van der Waals surface area contributed by atoms with Gasteiger partial charge in [-0.3, -0.25) is 4.99 Å². The number of hydrogen-bond donors (Lipinski definition) is 2. The van der Waals surface area contributed by atoms with E-state index in [4.69, 9.17) is 21.3 Å². The summed E-state index contributed by atoms with van der Waals surface area (Å²) < 4.78 is 7.15. The molecule has 2 N–H and O–H groups in total. The number of aliphatic imine (C=N–C) groups is 1. The highest BCUT2D eigenvalue weighted by Crippen LogP contribution is 2.48. The Hall–Kier alpha value is -2.12. The van der Waals surface area contributed by atoms with Gasteiger partial charge in [0.05, 0.1) is 13.1 Å². The molecule has 156 valence electrons. The second kappa shape index (κ2) is 8.71.